The van der Waals surface area contributed by atoms with Crippen LogP contribution < -0.4 is 0 Å². The summed E-state index contributed by atoms with van der Waals surface area (Å²) in [5, 5.41) is 1.70. The number of furan rings is 1. The highest BCUT2D eigenvalue weighted by molar-refractivity contribution is 6.11. The molecule has 4 aromatic heterocycles. The fourth-order valence-electron chi connectivity index (χ4n) is 6.74. The van der Waals surface area contributed by atoms with E-state index in [0.29, 0.717) is 28.8 Å². The third-order valence-corrected chi connectivity index (χ3v) is 9.22. The quantitative estimate of drug-likeness (QED) is 0.174. The van der Waals surface area contributed by atoms with E-state index in [9.17, 15) is 0 Å². The maximum atomic E-state index is 6.27. The molecule has 0 aliphatic heterocycles. The first-order valence-corrected chi connectivity index (χ1v) is 17.0. The zero-order chi connectivity index (χ0) is 34.4. The monoisotopic (exact) mass is 669 g/mol. The summed E-state index contributed by atoms with van der Waals surface area (Å²) in [5.41, 5.74) is 9.62. The fraction of sp³-hybridized carbons (Fsp3) is 0. The van der Waals surface area contributed by atoms with E-state index >= 15 is 0 Å². The maximum Gasteiger partial charge on any atom is 0.230 e. The van der Waals surface area contributed by atoms with Gasteiger partial charge in [0, 0.05) is 38.9 Å². The van der Waals surface area contributed by atoms with E-state index in [4.69, 9.17) is 29.3 Å². The molecule has 0 aliphatic carbocycles. The van der Waals surface area contributed by atoms with Gasteiger partial charge in [-0.05, 0) is 42.5 Å². The molecule has 0 aliphatic rings. The Hall–Kier alpha value is -7.32. The lowest BCUT2D eigenvalue weighted by molar-refractivity contribution is 0.653. The van der Waals surface area contributed by atoms with Crippen molar-refractivity contribution in [3.8, 4) is 62.5 Å². The van der Waals surface area contributed by atoms with E-state index in [2.05, 4.69) is 58.1 Å². The largest absolute Gasteiger partial charge is 0.438 e. The van der Waals surface area contributed by atoms with Gasteiger partial charge >= 0.3 is 0 Å². The molecule has 8 nitrogen and oxygen atoms in total. The third-order valence-electron chi connectivity index (χ3n) is 9.22. The van der Waals surface area contributed by atoms with Gasteiger partial charge in [-0.2, -0.15) is 0 Å². The van der Waals surface area contributed by atoms with Crippen molar-refractivity contribution in [3.63, 3.8) is 0 Å². The van der Waals surface area contributed by atoms with Gasteiger partial charge in [0.15, 0.2) is 17.5 Å². The van der Waals surface area contributed by atoms with E-state index in [1.807, 2.05) is 109 Å². The molecule has 4 heterocycles. The summed E-state index contributed by atoms with van der Waals surface area (Å²) >= 11 is 0. The second-order valence-corrected chi connectivity index (χ2v) is 12.4. The lowest BCUT2D eigenvalue weighted by atomic mass is 10.0. The molecule has 0 bridgehead atoms. The molecular weight excluding hydrogens is 643 g/mol. The van der Waals surface area contributed by atoms with Crippen LogP contribution in [0.25, 0.3) is 95.6 Å². The summed E-state index contributed by atoms with van der Waals surface area (Å²) in [7, 11) is 0. The molecule has 8 heteroatoms. The predicted octanol–water partition coefficient (Wildman–Crippen LogP) is 10.2. The Kier molecular flexibility index (Phi) is 6.95. The zero-order valence-electron chi connectivity index (χ0n) is 27.6. The number of aromatic nitrogens is 7. The number of nitrogens with zero attached hydrogens (tertiary/aromatic N) is 7. The summed E-state index contributed by atoms with van der Waals surface area (Å²) in [4.78, 5) is 29.1. The highest BCUT2D eigenvalue weighted by Crippen LogP contribution is 2.37. The molecule has 52 heavy (non-hydrogen) atoms. The number of benzene rings is 6. The fourth-order valence-corrected chi connectivity index (χ4v) is 6.74. The number of fused-ring (bicyclic) bond motifs is 4. The van der Waals surface area contributed by atoms with Crippen LogP contribution in [-0.4, -0.2) is 34.5 Å². The average Bonchev–Trinajstić information content (AvgIpc) is 3.80. The minimum Gasteiger partial charge on any atom is -0.438 e. The van der Waals surface area contributed by atoms with Gasteiger partial charge in [0.1, 0.15) is 17.7 Å². The van der Waals surface area contributed by atoms with Crippen LogP contribution in [0.3, 0.4) is 0 Å². The number of imidazole rings is 1. The molecule has 0 radical (unpaired) electrons. The molecule has 0 saturated carbocycles. The summed E-state index contributed by atoms with van der Waals surface area (Å²) < 4.78 is 8.47. The standard InChI is InChI=1S/C44H27N7O/c1-4-12-29(13-5-1)40-48-41(30-14-6-2-7-15-30)50-42(49-40)32-24-25-37-34(26-32)38-39(45-27-46-44(38)52-37)28-20-22-31(23-21-28)43-47-35-18-10-11-19-36(35)51(43)33-16-8-3-9-17-33/h1-27H. The van der Waals surface area contributed by atoms with Gasteiger partial charge in [0.2, 0.25) is 5.71 Å². The Labute approximate surface area is 297 Å². The normalized spacial score (nSPS) is 11.5. The van der Waals surface area contributed by atoms with Gasteiger partial charge in [-0.3, -0.25) is 4.57 Å². The van der Waals surface area contributed by atoms with Crippen molar-refractivity contribution in [3.05, 3.63) is 164 Å². The molecule has 6 aromatic carbocycles. The number of rotatable bonds is 6. The van der Waals surface area contributed by atoms with Crippen molar-refractivity contribution in [2.45, 2.75) is 0 Å². The van der Waals surface area contributed by atoms with E-state index in [1.54, 1.807) is 6.33 Å². The van der Waals surface area contributed by atoms with Gasteiger partial charge in [0.05, 0.1) is 22.1 Å². The molecule has 0 spiro atoms. The number of para-hydroxylation sites is 3. The summed E-state index contributed by atoms with van der Waals surface area (Å²) in [6.07, 6.45) is 1.55. The van der Waals surface area contributed by atoms with Crippen molar-refractivity contribution < 1.29 is 4.42 Å². The Balaban J connectivity index is 1.09. The van der Waals surface area contributed by atoms with E-state index in [1.165, 1.54) is 0 Å². The van der Waals surface area contributed by atoms with Crippen LogP contribution in [0.2, 0.25) is 0 Å². The summed E-state index contributed by atoms with van der Waals surface area (Å²) in [6.45, 7) is 0. The lowest BCUT2D eigenvalue weighted by Gasteiger charge is -2.10. The lowest BCUT2D eigenvalue weighted by Crippen LogP contribution is -2.00. The molecule has 0 amide bonds. The Morgan fingerprint density at radius 3 is 1.73 bits per heavy atom. The van der Waals surface area contributed by atoms with Crippen molar-refractivity contribution in [1.82, 2.24) is 34.5 Å². The first-order valence-electron chi connectivity index (χ1n) is 17.0. The van der Waals surface area contributed by atoms with Crippen LogP contribution in [-0.2, 0) is 0 Å². The zero-order valence-corrected chi connectivity index (χ0v) is 27.6. The first kappa shape index (κ1) is 29.6. The average molecular weight is 670 g/mol. The second-order valence-electron chi connectivity index (χ2n) is 12.4. The predicted molar refractivity (Wildman–Crippen MR) is 205 cm³/mol. The van der Waals surface area contributed by atoms with Gasteiger partial charge < -0.3 is 4.42 Å². The number of hydrogen-bond donors (Lipinski definition) is 0. The Morgan fingerprint density at radius 1 is 0.462 bits per heavy atom. The Morgan fingerprint density at radius 2 is 1.04 bits per heavy atom. The van der Waals surface area contributed by atoms with Gasteiger partial charge in [-0.15, -0.1) is 0 Å². The maximum absolute atomic E-state index is 6.27. The highest BCUT2D eigenvalue weighted by Gasteiger charge is 2.19. The van der Waals surface area contributed by atoms with Crippen molar-refractivity contribution in [2.75, 3.05) is 0 Å². The van der Waals surface area contributed by atoms with Crippen LogP contribution >= 0.6 is 0 Å². The SMILES string of the molecule is c1ccc(-c2nc(-c3ccccc3)nc(-c3ccc4oc5ncnc(-c6ccc(-c7nc8ccccc8n7-c7ccccc7)cc6)c5c4c3)n2)cc1. The summed E-state index contributed by atoms with van der Waals surface area (Å²) in [5.74, 6) is 2.64. The van der Waals surface area contributed by atoms with E-state index in [0.717, 1.165) is 66.8 Å². The van der Waals surface area contributed by atoms with Gasteiger partial charge in [-0.25, -0.2) is 29.9 Å². The summed E-state index contributed by atoms with van der Waals surface area (Å²) in [6, 6.07) is 52.8. The smallest absolute Gasteiger partial charge is 0.230 e. The van der Waals surface area contributed by atoms with Crippen LogP contribution in [0.5, 0.6) is 0 Å². The molecule has 244 valence electrons. The minimum atomic E-state index is 0.512. The van der Waals surface area contributed by atoms with Gasteiger partial charge in [-0.1, -0.05) is 115 Å². The van der Waals surface area contributed by atoms with Crippen LogP contribution in [0.4, 0.5) is 0 Å². The number of hydrogen-bond acceptors (Lipinski definition) is 7. The van der Waals surface area contributed by atoms with Crippen LogP contribution in [0, 0.1) is 0 Å². The molecule has 10 rings (SSSR count). The molecule has 0 atom stereocenters. The minimum absolute atomic E-state index is 0.512. The van der Waals surface area contributed by atoms with Crippen molar-refractivity contribution in [1.29, 1.82) is 0 Å². The second kappa shape index (κ2) is 12.2. The Bertz CT molecular complexity index is 2830. The van der Waals surface area contributed by atoms with Crippen molar-refractivity contribution in [2.24, 2.45) is 0 Å². The van der Waals surface area contributed by atoms with Crippen LogP contribution in [0.1, 0.15) is 0 Å². The molecule has 0 saturated heterocycles. The molecule has 10 aromatic rings. The van der Waals surface area contributed by atoms with Crippen molar-refractivity contribution >= 4 is 33.1 Å². The van der Waals surface area contributed by atoms with E-state index < -0.39 is 0 Å². The molecular formula is C44H27N7O. The van der Waals surface area contributed by atoms with Crippen LogP contribution in [0.15, 0.2) is 168 Å². The van der Waals surface area contributed by atoms with E-state index in [-0.39, 0.29) is 0 Å². The molecule has 0 fully saturated rings. The third kappa shape index (κ3) is 5.09. The first-order chi connectivity index (χ1) is 25.8. The highest BCUT2D eigenvalue weighted by atomic mass is 16.3. The van der Waals surface area contributed by atoms with Gasteiger partial charge in [0.25, 0.3) is 0 Å². The topological polar surface area (TPSA) is 95.4 Å². The molecule has 0 unspecified atom stereocenters. The molecule has 0 N–H and O–H groups in total.